The molecule has 232 valence electrons. The predicted molar refractivity (Wildman–Crippen MR) is 192 cm³/mol. The van der Waals surface area contributed by atoms with Crippen LogP contribution in [0.3, 0.4) is 0 Å². The van der Waals surface area contributed by atoms with Gasteiger partial charge in [-0.15, -0.1) is 20.4 Å². The summed E-state index contributed by atoms with van der Waals surface area (Å²) < 4.78 is 12.1. The Balaban J connectivity index is 1.01. The number of allylic oxidation sites excluding steroid dienone is 5. The summed E-state index contributed by atoms with van der Waals surface area (Å²) in [6, 6.07) is 42.8. The molecule has 5 aromatic carbocycles. The Hall–Kier alpha value is -6.40. The lowest BCUT2D eigenvalue weighted by atomic mass is 10.0. The standard InChI is InChI=1S/C42H32N4O2/c1-3-5-7-10-29(4-2)31-13-21-35(22-14-31)39-43-45-41(47-39)37-25-17-33(18-26-37)34-19-27-38(28-20-34)42-46-44-40(48-42)36-23-15-32(16-24-36)30-11-8-6-9-12-30/h3,5-28H,1,4H2,2H3/b7-5-,29-10+. The number of hydrogen-bond donors (Lipinski definition) is 0. The molecule has 6 heteroatoms. The molecule has 48 heavy (non-hydrogen) atoms. The van der Waals surface area contributed by atoms with Gasteiger partial charge < -0.3 is 8.83 Å². The molecule has 0 spiro atoms. The number of benzene rings is 5. The van der Waals surface area contributed by atoms with E-state index in [1.54, 1.807) is 6.08 Å². The van der Waals surface area contributed by atoms with Crippen molar-refractivity contribution in [1.82, 2.24) is 20.4 Å². The molecule has 0 radical (unpaired) electrons. The fourth-order valence-corrected chi connectivity index (χ4v) is 5.45. The zero-order valence-corrected chi connectivity index (χ0v) is 26.5. The number of hydrogen-bond acceptors (Lipinski definition) is 6. The van der Waals surface area contributed by atoms with Gasteiger partial charge in [0.1, 0.15) is 0 Å². The molecule has 7 aromatic rings. The molecule has 0 N–H and O–H groups in total. The lowest BCUT2D eigenvalue weighted by Gasteiger charge is -2.05. The van der Waals surface area contributed by atoms with Gasteiger partial charge in [0.25, 0.3) is 0 Å². The maximum atomic E-state index is 6.05. The van der Waals surface area contributed by atoms with Gasteiger partial charge in [-0.25, -0.2) is 0 Å². The molecule has 7 rings (SSSR count). The zero-order chi connectivity index (χ0) is 32.7. The summed E-state index contributed by atoms with van der Waals surface area (Å²) in [4.78, 5) is 0. The van der Waals surface area contributed by atoms with Crippen LogP contribution in [0.1, 0.15) is 18.9 Å². The van der Waals surface area contributed by atoms with Crippen LogP contribution < -0.4 is 0 Å². The van der Waals surface area contributed by atoms with Crippen LogP contribution in [0.15, 0.2) is 167 Å². The monoisotopic (exact) mass is 624 g/mol. The molecule has 0 aliphatic heterocycles. The number of rotatable bonds is 10. The van der Waals surface area contributed by atoms with Crippen LogP contribution >= 0.6 is 0 Å². The second kappa shape index (κ2) is 13.9. The van der Waals surface area contributed by atoms with E-state index in [1.165, 1.54) is 11.1 Å². The van der Waals surface area contributed by atoms with E-state index < -0.39 is 0 Å². The quantitative estimate of drug-likeness (QED) is 0.141. The molecule has 0 saturated heterocycles. The van der Waals surface area contributed by atoms with Crippen LogP contribution in [0, 0.1) is 0 Å². The smallest absolute Gasteiger partial charge is 0.248 e. The van der Waals surface area contributed by atoms with Gasteiger partial charge in [-0.3, -0.25) is 0 Å². The Bertz CT molecular complexity index is 2190. The minimum atomic E-state index is 0.474. The van der Waals surface area contributed by atoms with Gasteiger partial charge in [-0.2, -0.15) is 0 Å². The fraction of sp³-hybridized carbons (Fsp3) is 0.0476. The zero-order valence-electron chi connectivity index (χ0n) is 26.5. The average Bonchev–Trinajstić information content (AvgIpc) is 3.86. The predicted octanol–water partition coefficient (Wildman–Crippen LogP) is 11.0. The summed E-state index contributed by atoms with van der Waals surface area (Å²) in [7, 11) is 0. The van der Waals surface area contributed by atoms with Gasteiger partial charge in [0.05, 0.1) is 0 Å². The minimum Gasteiger partial charge on any atom is -0.416 e. The summed E-state index contributed by atoms with van der Waals surface area (Å²) in [6.45, 7) is 5.87. The molecule has 0 atom stereocenters. The Kier molecular flexibility index (Phi) is 8.78. The average molecular weight is 625 g/mol. The van der Waals surface area contributed by atoms with Gasteiger partial charge >= 0.3 is 0 Å². The fourth-order valence-electron chi connectivity index (χ4n) is 5.45. The molecule has 2 aromatic heterocycles. The van der Waals surface area contributed by atoms with Gasteiger partial charge in [0.2, 0.25) is 23.6 Å². The molecular formula is C42H32N4O2. The molecule has 0 aliphatic carbocycles. The SMILES string of the molecule is C=C/C=C\C=C(/CC)c1ccc(-c2nnc(-c3ccc(-c4ccc(-c5nnc(-c6ccc(-c7ccccc7)cc6)o5)cc4)cc3)o2)cc1. The molecule has 0 bridgehead atoms. The summed E-state index contributed by atoms with van der Waals surface area (Å²) >= 11 is 0. The van der Waals surface area contributed by atoms with Gasteiger partial charge in [-0.1, -0.05) is 117 Å². The van der Waals surface area contributed by atoms with Crippen LogP contribution in [0.25, 0.3) is 73.6 Å². The Morgan fingerprint density at radius 2 is 0.833 bits per heavy atom. The molecule has 0 fully saturated rings. The second-order valence-corrected chi connectivity index (χ2v) is 11.2. The highest BCUT2D eigenvalue weighted by Crippen LogP contribution is 2.31. The number of nitrogens with zero attached hydrogens (tertiary/aromatic N) is 4. The first-order chi connectivity index (χ1) is 23.7. The topological polar surface area (TPSA) is 77.8 Å². The Morgan fingerprint density at radius 3 is 1.21 bits per heavy atom. The van der Waals surface area contributed by atoms with Gasteiger partial charge in [-0.05, 0) is 88.3 Å². The lowest BCUT2D eigenvalue weighted by molar-refractivity contribution is 0.584. The van der Waals surface area contributed by atoms with Crippen molar-refractivity contribution >= 4 is 5.57 Å². The first-order valence-corrected chi connectivity index (χ1v) is 15.8. The summed E-state index contributed by atoms with van der Waals surface area (Å²) in [6.07, 6.45) is 8.73. The number of aromatic nitrogens is 4. The van der Waals surface area contributed by atoms with E-state index in [0.717, 1.165) is 50.9 Å². The molecule has 6 nitrogen and oxygen atoms in total. The molecule has 0 aliphatic rings. The Labute approximate surface area is 279 Å². The Morgan fingerprint density at radius 1 is 0.479 bits per heavy atom. The second-order valence-electron chi connectivity index (χ2n) is 11.2. The highest BCUT2D eigenvalue weighted by Gasteiger charge is 2.13. The van der Waals surface area contributed by atoms with Crippen LogP contribution in [0.2, 0.25) is 0 Å². The highest BCUT2D eigenvalue weighted by atomic mass is 16.4. The highest BCUT2D eigenvalue weighted by molar-refractivity contribution is 5.72. The third-order valence-corrected chi connectivity index (χ3v) is 8.11. The largest absolute Gasteiger partial charge is 0.416 e. The van der Waals surface area contributed by atoms with Crippen molar-refractivity contribution in [3.05, 3.63) is 164 Å². The van der Waals surface area contributed by atoms with Crippen molar-refractivity contribution in [1.29, 1.82) is 0 Å². The minimum absolute atomic E-state index is 0.474. The van der Waals surface area contributed by atoms with Crippen molar-refractivity contribution in [2.24, 2.45) is 0 Å². The van der Waals surface area contributed by atoms with E-state index in [-0.39, 0.29) is 0 Å². The van der Waals surface area contributed by atoms with E-state index in [1.807, 2.05) is 103 Å². The molecule has 2 heterocycles. The van der Waals surface area contributed by atoms with Crippen molar-refractivity contribution in [3.8, 4) is 68.1 Å². The maximum absolute atomic E-state index is 6.05. The van der Waals surface area contributed by atoms with Crippen LogP contribution in [0.5, 0.6) is 0 Å². The van der Waals surface area contributed by atoms with Crippen molar-refractivity contribution < 1.29 is 8.83 Å². The normalized spacial score (nSPS) is 11.6. The molecule has 0 unspecified atom stereocenters. The van der Waals surface area contributed by atoms with E-state index in [2.05, 4.69) is 76.4 Å². The van der Waals surface area contributed by atoms with Crippen molar-refractivity contribution in [3.63, 3.8) is 0 Å². The lowest BCUT2D eigenvalue weighted by Crippen LogP contribution is -1.84. The van der Waals surface area contributed by atoms with E-state index in [4.69, 9.17) is 8.83 Å². The summed E-state index contributed by atoms with van der Waals surface area (Å²) in [5, 5.41) is 17.2. The van der Waals surface area contributed by atoms with Gasteiger partial charge in [0.15, 0.2) is 0 Å². The summed E-state index contributed by atoms with van der Waals surface area (Å²) in [5.41, 5.74) is 10.3. The first kappa shape index (κ1) is 30.3. The third-order valence-electron chi connectivity index (χ3n) is 8.11. The molecule has 0 amide bonds. The van der Waals surface area contributed by atoms with Crippen LogP contribution in [-0.4, -0.2) is 20.4 Å². The van der Waals surface area contributed by atoms with E-state index in [0.29, 0.717) is 23.6 Å². The van der Waals surface area contributed by atoms with Gasteiger partial charge in [0, 0.05) is 22.3 Å². The van der Waals surface area contributed by atoms with E-state index >= 15 is 0 Å². The van der Waals surface area contributed by atoms with E-state index in [9.17, 15) is 0 Å². The van der Waals surface area contributed by atoms with Crippen molar-refractivity contribution in [2.75, 3.05) is 0 Å². The van der Waals surface area contributed by atoms with Crippen LogP contribution in [0.4, 0.5) is 0 Å². The van der Waals surface area contributed by atoms with Crippen LogP contribution in [-0.2, 0) is 0 Å². The summed E-state index contributed by atoms with van der Waals surface area (Å²) in [5.74, 6) is 1.92. The van der Waals surface area contributed by atoms with Crippen molar-refractivity contribution in [2.45, 2.75) is 13.3 Å². The third kappa shape index (κ3) is 6.59. The first-order valence-electron chi connectivity index (χ1n) is 15.8. The maximum Gasteiger partial charge on any atom is 0.248 e. The molecule has 0 saturated carbocycles. The molecular weight excluding hydrogens is 592 g/mol.